The summed E-state index contributed by atoms with van der Waals surface area (Å²) in [5.74, 6) is -2.76. The molecule has 3 aromatic carbocycles. The summed E-state index contributed by atoms with van der Waals surface area (Å²) in [4.78, 5) is 27.6. The van der Waals surface area contributed by atoms with Gasteiger partial charge < -0.3 is 19.5 Å². The van der Waals surface area contributed by atoms with Crippen molar-refractivity contribution in [3.8, 4) is 22.6 Å². The molecule has 0 aromatic heterocycles. The van der Waals surface area contributed by atoms with Crippen LogP contribution in [0.4, 0.5) is 4.39 Å². The molecule has 2 atom stereocenters. The molecule has 6 nitrogen and oxygen atoms in total. The molecule has 1 fully saturated rings. The predicted molar refractivity (Wildman–Crippen MR) is 126 cm³/mol. The van der Waals surface area contributed by atoms with Gasteiger partial charge in [-0.3, -0.25) is 4.79 Å². The second-order valence-electron chi connectivity index (χ2n) is 7.89. The van der Waals surface area contributed by atoms with Crippen LogP contribution in [0.3, 0.4) is 0 Å². The van der Waals surface area contributed by atoms with Crippen LogP contribution in [0.15, 0.2) is 60.7 Å². The topological polar surface area (TPSA) is 76.1 Å². The monoisotopic (exact) mass is 483 g/mol. The number of carboxylic acids is 1. The number of hydrogen-bond donors (Lipinski definition) is 1. The van der Waals surface area contributed by atoms with E-state index in [2.05, 4.69) is 0 Å². The highest BCUT2D eigenvalue weighted by molar-refractivity contribution is 6.31. The van der Waals surface area contributed by atoms with Gasteiger partial charge in [-0.05, 0) is 36.1 Å². The molecular weight excluding hydrogens is 461 g/mol. The first-order chi connectivity index (χ1) is 16.4. The van der Waals surface area contributed by atoms with E-state index in [4.69, 9.17) is 21.1 Å². The van der Waals surface area contributed by atoms with Gasteiger partial charge in [-0.25, -0.2) is 9.18 Å². The number of rotatable bonds is 6. The average molecular weight is 484 g/mol. The first kappa shape index (κ1) is 23.6. The molecule has 3 aromatic rings. The van der Waals surface area contributed by atoms with Crippen LogP contribution in [0.5, 0.6) is 11.5 Å². The van der Waals surface area contributed by atoms with Gasteiger partial charge in [-0.2, -0.15) is 0 Å². The van der Waals surface area contributed by atoms with Gasteiger partial charge in [0, 0.05) is 10.6 Å². The summed E-state index contributed by atoms with van der Waals surface area (Å²) in [6.45, 7) is 0. The summed E-state index contributed by atoms with van der Waals surface area (Å²) in [6, 6.07) is 15.4. The number of carbonyl (C=O) groups is 2. The van der Waals surface area contributed by atoms with E-state index >= 15 is 0 Å². The average Bonchev–Trinajstić information content (AvgIpc) is 3.29. The number of halogens is 2. The lowest BCUT2D eigenvalue weighted by Crippen LogP contribution is -2.42. The van der Waals surface area contributed by atoms with E-state index in [9.17, 15) is 19.1 Å². The zero-order valence-corrected chi connectivity index (χ0v) is 19.4. The number of benzene rings is 3. The minimum atomic E-state index is -1.13. The molecule has 8 heteroatoms. The van der Waals surface area contributed by atoms with E-state index in [1.807, 2.05) is 0 Å². The van der Waals surface area contributed by atoms with E-state index in [0.29, 0.717) is 22.6 Å². The molecule has 0 spiro atoms. The number of hydrogen-bond acceptors (Lipinski definition) is 4. The number of amides is 1. The normalized spacial score (nSPS) is 17.5. The van der Waals surface area contributed by atoms with E-state index in [0.717, 1.165) is 0 Å². The molecule has 0 radical (unpaired) electrons. The van der Waals surface area contributed by atoms with Crippen molar-refractivity contribution < 1.29 is 28.6 Å². The Bertz CT molecular complexity index is 1230. The summed E-state index contributed by atoms with van der Waals surface area (Å²) in [7, 11) is 2.59. The first-order valence-electron chi connectivity index (χ1n) is 10.7. The predicted octanol–water partition coefficient (Wildman–Crippen LogP) is 5.59. The quantitative estimate of drug-likeness (QED) is 0.494. The van der Waals surface area contributed by atoms with Crippen molar-refractivity contribution in [3.63, 3.8) is 0 Å². The Morgan fingerprint density at radius 2 is 1.65 bits per heavy atom. The maximum atomic E-state index is 15.0. The van der Waals surface area contributed by atoms with Crippen molar-refractivity contribution in [1.29, 1.82) is 0 Å². The smallest absolute Gasteiger partial charge is 0.326 e. The van der Waals surface area contributed by atoms with Crippen molar-refractivity contribution in [2.75, 3.05) is 14.2 Å². The highest BCUT2D eigenvalue weighted by Crippen LogP contribution is 2.45. The number of likely N-dealkylation sites (tertiary alicyclic amines) is 1. The maximum absolute atomic E-state index is 15.0. The second-order valence-corrected chi connectivity index (χ2v) is 8.30. The van der Waals surface area contributed by atoms with Crippen LogP contribution in [0.25, 0.3) is 11.1 Å². The van der Waals surface area contributed by atoms with Crippen LogP contribution >= 0.6 is 11.6 Å². The third-order valence-corrected chi connectivity index (χ3v) is 6.41. The van der Waals surface area contributed by atoms with Crippen LogP contribution in [-0.4, -0.2) is 42.1 Å². The third-order valence-electron chi connectivity index (χ3n) is 6.07. The number of aliphatic carboxylic acids is 1. The van der Waals surface area contributed by atoms with Crippen LogP contribution in [0.1, 0.15) is 34.8 Å². The molecule has 4 rings (SSSR count). The molecule has 1 saturated heterocycles. The van der Waals surface area contributed by atoms with Crippen molar-refractivity contribution in [1.82, 2.24) is 4.90 Å². The molecule has 34 heavy (non-hydrogen) atoms. The Morgan fingerprint density at radius 1 is 1.00 bits per heavy atom. The van der Waals surface area contributed by atoms with E-state index < -0.39 is 29.8 Å². The fourth-order valence-electron chi connectivity index (χ4n) is 4.57. The summed E-state index contributed by atoms with van der Waals surface area (Å²) in [5.41, 5.74) is 1.52. The zero-order chi connectivity index (χ0) is 24.4. The van der Waals surface area contributed by atoms with Gasteiger partial charge in [0.2, 0.25) is 0 Å². The Hall–Kier alpha value is -3.58. The summed E-state index contributed by atoms with van der Waals surface area (Å²) in [5, 5.41) is 10.4. The lowest BCUT2D eigenvalue weighted by Gasteiger charge is -2.31. The molecule has 0 aliphatic carbocycles. The molecule has 1 N–H and O–H groups in total. The molecule has 0 bridgehead atoms. The summed E-state index contributed by atoms with van der Waals surface area (Å²) >= 11 is 6.42. The van der Waals surface area contributed by atoms with Crippen molar-refractivity contribution in [3.05, 3.63) is 82.6 Å². The number of ether oxygens (including phenoxy) is 2. The van der Waals surface area contributed by atoms with Crippen LogP contribution < -0.4 is 9.47 Å². The highest BCUT2D eigenvalue weighted by Gasteiger charge is 2.44. The Kier molecular flexibility index (Phi) is 6.75. The van der Waals surface area contributed by atoms with Gasteiger partial charge in [-0.1, -0.05) is 60.1 Å². The van der Waals surface area contributed by atoms with E-state index in [-0.39, 0.29) is 29.0 Å². The molecular formula is C26H23ClFNO5. The fourth-order valence-corrected chi connectivity index (χ4v) is 4.83. The van der Waals surface area contributed by atoms with Gasteiger partial charge in [0.15, 0.2) is 17.3 Å². The number of carbonyl (C=O) groups excluding carboxylic acids is 1. The Labute approximate surface area is 201 Å². The molecule has 176 valence electrons. The SMILES string of the molecule is COc1c(F)cc(-c2ccccc2)c(C(=O)N2C(C(=O)O)CCC2c2ccccc2Cl)c1OC. The van der Waals surface area contributed by atoms with Crippen LogP contribution in [-0.2, 0) is 4.79 Å². The number of methoxy groups -OCH3 is 2. The molecule has 0 saturated carbocycles. The second kappa shape index (κ2) is 9.73. The molecule has 1 amide bonds. The lowest BCUT2D eigenvalue weighted by molar-refractivity contribution is -0.141. The van der Waals surface area contributed by atoms with Crippen molar-refractivity contribution in [2.24, 2.45) is 0 Å². The Balaban J connectivity index is 1.95. The van der Waals surface area contributed by atoms with E-state index in [1.165, 1.54) is 25.2 Å². The fraction of sp³-hybridized carbons (Fsp3) is 0.231. The van der Waals surface area contributed by atoms with Gasteiger partial charge in [0.1, 0.15) is 6.04 Å². The van der Waals surface area contributed by atoms with Crippen molar-refractivity contribution in [2.45, 2.75) is 24.9 Å². The van der Waals surface area contributed by atoms with E-state index in [1.54, 1.807) is 54.6 Å². The van der Waals surface area contributed by atoms with Crippen LogP contribution in [0.2, 0.25) is 5.02 Å². The maximum Gasteiger partial charge on any atom is 0.326 e. The standard InChI is InChI=1S/C26H23ClFNO5/c1-33-23-19(28)14-17(15-8-4-3-5-9-15)22(24(23)34-2)25(30)29-20(12-13-21(29)26(31)32)16-10-6-7-11-18(16)27/h3-11,14,20-21H,12-13H2,1-2H3,(H,31,32). The van der Waals surface area contributed by atoms with Gasteiger partial charge >= 0.3 is 5.97 Å². The third kappa shape index (κ3) is 4.07. The first-order valence-corrected chi connectivity index (χ1v) is 11.1. The van der Waals surface area contributed by atoms with Crippen molar-refractivity contribution >= 4 is 23.5 Å². The molecule has 2 unspecified atom stereocenters. The van der Waals surface area contributed by atoms with Gasteiger partial charge in [0.05, 0.1) is 25.8 Å². The largest absolute Gasteiger partial charge is 0.492 e. The lowest BCUT2D eigenvalue weighted by atomic mass is 9.95. The minimum Gasteiger partial charge on any atom is -0.492 e. The molecule has 1 heterocycles. The van der Waals surface area contributed by atoms with Crippen LogP contribution in [0, 0.1) is 5.82 Å². The number of carboxylic acid groups (broad SMARTS) is 1. The van der Waals surface area contributed by atoms with Gasteiger partial charge in [0.25, 0.3) is 5.91 Å². The number of nitrogens with zero attached hydrogens (tertiary/aromatic N) is 1. The molecule has 1 aliphatic heterocycles. The highest BCUT2D eigenvalue weighted by atomic mass is 35.5. The summed E-state index contributed by atoms with van der Waals surface area (Å²) in [6.07, 6.45) is 0.659. The minimum absolute atomic E-state index is 0.0251. The summed E-state index contributed by atoms with van der Waals surface area (Å²) < 4.78 is 25.6. The zero-order valence-electron chi connectivity index (χ0n) is 18.6. The Morgan fingerprint density at radius 3 is 2.26 bits per heavy atom. The molecule has 1 aliphatic rings. The van der Waals surface area contributed by atoms with Gasteiger partial charge in [-0.15, -0.1) is 0 Å².